The third-order valence-electron chi connectivity index (χ3n) is 5.17. The molecule has 0 aromatic rings. The molecule has 0 radical (unpaired) electrons. The Morgan fingerprint density at radius 2 is 1.96 bits per heavy atom. The van der Waals surface area contributed by atoms with Crippen molar-refractivity contribution in [3.05, 3.63) is 0 Å². The molecule has 2 saturated heterocycles. The van der Waals surface area contributed by atoms with E-state index in [-0.39, 0.29) is 19.1 Å². The van der Waals surface area contributed by atoms with Gasteiger partial charge in [0.1, 0.15) is 0 Å². The van der Waals surface area contributed by atoms with Crippen LogP contribution in [0.25, 0.3) is 0 Å². The topological polar surface area (TPSA) is 105 Å². The Morgan fingerprint density at radius 3 is 2.62 bits per heavy atom. The highest BCUT2D eigenvalue weighted by Crippen LogP contribution is 2.28. The Hall–Kier alpha value is -0.740. The van der Waals surface area contributed by atoms with Crippen molar-refractivity contribution in [1.82, 2.24) is 9.79 Å². The molecule has 2 N–H and O–H groups in total. The maximum atomic E-state index is 12.8. The first kappa shape index (κ1) is 21.6. The highest BCUT2D eigenvalue weighted by atomic mass is 32.2. The molecule has 0 saturated carbocycles. The summed E-state index contributed by atoms with van der Waals surface area (Å²) in [6.07, 6.45) is 6.59. The number of carbonyl (C=O) groups is 1. The fourth-order valence-corrected chi connectivity index (χ4v) is 5.29. The summed E-state index contributed by atoms with van der Waals surface area (Å²) < 4.78 is 38.3. The van der Waals surface area contributed by atoms with E-state index >= 15 is 0 Å². The predicted octanol–water partition coefficient (Wildman–Crippen LogP) is 1.64. The summed E-state index contributed by atoms with van der Waals surface area (Å²) in [6, 6.07) is 0. The highest BCUT2D eigenvalue weighted by Gasteiger charge is 2.40. The number of hydroxylamine groups is 1. The van der Waals surface area contributed by atoms with E-state index < -0.39 is 27.3 Å². The molecule has 0 aromatic heterocycles. The van der Waals surface area contributed by atoms with E-state index in [1.54, 1.807) is 5.48 Å². The number of sulfonamides is 1. The number of carbonyl (C=O) groups excluding carboxylic acids is 1. The average molecular weight is 393 g/mol. The van der Waals surface area contributed by atoms with E-state index in [0.717, 1.165) is 13.0 Å². The summed E-state index contributed by atoms with van der Waals surface area (Å²) in [5.74, 6) is -1.10. The molecule has 2 aliphatic heterocycles. The van der Waals surface area contributed by atoms with Gasteiger partial charge >= 0.3 is 0 Å². The van der Waals surface area contributed by atoms with Gasteiger partial charge in [0.15, 0.2) is 5.44 Å². The second-order valence-electron chi connectivity index (χ2n) is 7.07. The molecule has 2 atom stereocenters. The van der Waals surface area contributed by atoms with E-state index in [0.29, 0.717) is 32.4 Å². The van der Waals surface area contributed by atoms with Crippen molar-refractivity contribution in [2.45, 2.75) is 69.8 Å². The fraction of sp³-hybridized carbons (Fsp3) is 0.941. The first-order valence-electron chi connectivity index (χ1n) is 9.65. The lowest BCUT2D eigenvalue weighted by Gasteiger charge is -2.35. The molecule has 8 nitrogen and oxygen atoms in total. The number of nitrogens with zero attached hydrogens (tertiary/aromatic N) is 1. The molecule has 2 rings (SSSR count). The molecule has 152 valence electrons. The molecule has 2 heterocycles. The molecule has 0 spiro atoms. The minimum absolute atomic E-state index is 0.0720. The second kappa shape index (κ2) is 10.6. The van der Waals surface area contributed by atoms with Crippen LogP contribution in [0.3, 0.4) is 0 Å². The van der Waals surface area contributed by atoms with Gasteiger partial charge in [0.2, 0.25) is 15.9 Å². The summed E-state index contributed by atoms with van der Waals surface area (Å²) in [5.41, 5.74) is 0.582. The van der Waals surface area contributed by atoms with Crippen LogP contribution in [0.1, 0.15) is 58.3 Å². The van der Waals surface area contributed by atoms with Crippen molar-refractivity contribution in [1.29, 1.82) is 0 Å². The van der Waals surface area contributed by atoms with Crippen molar-refractivity contribution >= 4 is 15.9 Å². The molecular weight excluding hydrogens is 360 g/mol. The number of piperidine rings is 1. The van der Waals surface area contributed by atoms with Gasteiger partial charge in [0, 0.05) is 38.6 Å². The van der Waals surface area contributed by atoms with Gasteiger partial charge in [0.05, 0.1) is 6.10 Å². The van der Waals surface area contributed by atoms with E-state index in [9.17, 15) is 13.2 Å². The Morgan fingerprint density at radius 1 is 1.23 bits per heavy atom. The summed E-state index contributed by atoms with van der Waals surface area (Å²) in [6.45, 7) is 3.93. The van der Waals surface area contributed by atoms with E-state index in [1.165, 1.54) is 23.6 Å². The summed E-state index contributed by atoms with van der Waals surface area (Å²) >= 11 is 0. The molecule has 26 heavy (non-hydrogen) atoms. The number of unbranched alkanes of at least 4 members (excludes halogenated alkanes) is 3. The minimum Gasteiger partial charge on any atom is -0.378 e. The lowest BCUT2D eigenvalue weighted by atomic mass is 10.00. The van der Waals surface area contributed by atoms with Gasteiger partial charge in [-0.3, -0.25) is 10.0 Å². The number of amides is 1. The van der Waals surface area contributed by atoms with Crippen LogP contribution in [0.2, 0.25) is 0 Å². The van der Waals surface area contributed by atoms with Gasteiger partial charge in [-0.2, -0.15) is 4.31 Å². The zero-order valence-electron chi connectivity index (χ0n) is 15.6. The van der Waals surface area contributed by atoms with Crippen molar-refractivity contribution in [3.63, 3.8) is 0 Å². The molecule has 2 unspecified atom stereocenters. The number of hydrogen-bond donors (Lipinski definition) is 2. The quantitative estimate of drug-likeness (QED) is 0.351. The maximum Gasteiger partial charge on any atom is 0.246 e. The third-order valence-corrected chi connectivity index (χ3v) is 7.25. The van der Waals surface area contributed by atoms with Crippen LogP contribution in [0, 0.1) is 5.92 Å². The molecular formula is C17H32N2O6S. The number of rotatable bonds is 9. The third kappa shape index (κ3) is 5.88. The maximum absolute atomic E-state index is 12.8. The van der Waals surface area contributed by atoms with Gasteiger partial charge < -0.3 is 9.47 Å². The second-order valence-corrected chi connectivity index (χ2v) is 9.14. The molecule has 0 bridgehead atoms. The number of hydrogen-bond acceptors (Lipinski definition) is 6. The summed E-state index contributed by atoms with van der Waals surface area (Å²) in [4.78, 5) is 11.6. The molecule has 1 amide bonds. The minimum atomic E-state index is -3.62. The van der Waals surface area contributed by atoms with Gasteiger partial charge in [-0.25, -0.2) is 13.9 Å². The van der Waals surface area contributed by atoms with Gasteiger partial charge in [-0.05, 0) is 25.7 Å². The van der Waals surface area contributed by atoms with Crippen LogP contribution in [0.5, 0.6) is 0 Å². The Labute approximate surface area is 156 Å². The van der Waals surface area contributed by atoms with Crippen LogP contribution >= 0.6 is 0 Å². The largest absolute Gasteiger partial charge is 0.378 e. The van der Waals surface area contributed by atoms with Crippen molar-refractivity contribution in [2.24, 2.45) is 5.92 Å². The van der Waals surface area contributed by atoms with Crippen LogP contribution in [0.4, 0.5) is 0 Å². The molecule has 2 fully saturated rings. The van der Waals surface area contributed by atoms with E-state index in [1.807, 2.05) is 0 Å². The van der Waals surface area contributed by atoms with Crippen LogP contribution in [0.15, 0.2) is 0 Å². The fourth-order valence-electron chi connectivity index (χ4n) is 3.50. The van der Waals surface area contributed by atoms with Gasteiger partial charge in [-0.1, -0.05) is 26.2 Å². The van der Waals surface area contributed by atoms with Crippen molar-refractivity contribution in [2.75, 3.05) is 26.3 Å². The molecule has 0 aliphatic carbocycles. The lowest BCUT2D eigenvalue weighted by Crippen LogP contribution is -2.48. The van der Waals surface area contributed by atoms with Crippen LogP contribution in [-0.4, -0.2) is 61.7 Å². The van der Waals surface area contributed by atoms with Crippen LogP contribution in [-0.2, 0) is 24.3 Å². The first-order valence-corrected chi connectivity index (χ1v) is 11.2. The Balaban J connectivity index is 1.79. The first-order chi connectivity index (χ1) is 12.5. The van der Waals surface area contributed by atoms with Crippen LogP contribution < -0.4 is 5.48 Å². The smallest absolute Gasteiger partial charge is 0.246 e. The Bertz CT molecular complexity index is 533. The molecule has 0 aromatic carbocycles. The number of nitrogens with one attached hydrogen (secondary N) is 1. The van der Waals surface area contributed by atoms with Gasteiger partial charge in [0.25, 0.3) is 0 Å². The SMILES string of the molecule is CCCCCCOC1CCN(S(=O)(=O)C2CC(C(=O)NO)CCO2)CC1. The molecule has 2 aliphatic rings. The standard InChI is InChI=1S/C17H32N2O6S/c1-2-3-4-5-11-24-15-6-9-19(10-7-15)26(22,23)16-13-14(8-12-25-16)17(20)18-21/h14-16,21H,2-13H2,1H3,(H,18,20). The van der Waals surface area contributed by atoms with E-state index in [4.69, 9.17) is 14.7 Å². The zero-order chi connectivity index (χ0) is 19.0. The summed E-state index contributed by atoms with van der Waals surface area (Å²) in [5, 5.41) is 8.76. The van der Waals surface area contributed by atoms with Gasteiger partial charge in [-0.15, -0.1) is 0 Å². The zero-order valence-corrected chi connectivity index (χ0v) is 16.4. The van der Waals surface area contributed by atoms with E-state index in [2.05, 4.69) is 6.92 Å². The highest BCUT2D eigenvalue weighted by molar-refractivity contribution is 7.89. The lowest BCUT2D eigenvalue weighted by molar-refractivity contribution is -0.136. The number of ether oxygens (including phenoxy) is 2. The van der Waals surface area contributed by atoms with Crippen molar-refractivity contribution < 1.29 is 27.9 Å². The normalized spacial score (nSPS) is 25.9. The Kier molecular flexibility index (Phi) is 8.75. The summed E-state index contributed by atoms with van der Waals surface area (Å²) in [7, 11) is -3.62. The molecule has 9 heteroatoms. The van der Waals surface area contributed by atoms with Crippen molar-refractivity contribution in [3.8, 4) is 0 Å². The predicted molar refractivity (Wildman–Crippen MR) is 96.0 cm³/mol. The average Bonchev–Trinajstić information content (AvgIpc) is 2.67. The monoisotopic (exact) mass is 392 g/mol.